The van der Waals surface area contributed by atoms with Crippen molar-refractivity contribution in [2.75, 3.05) is 27.4 Å². The van der Waals surface area contributed by atoms with Crippen molar-refractivity contribution in [3.63, 3.8) is 0 Å². The lowest BCUT2D eigenvalue weighted by Gasteiger charge is -2.33. The molecule has 1 heterocycles. The van der Waals surface area contributed by atoms with Gasteiger partial charge in [-0.15, -0.1) is 0 Å². The summed E-state index contributed by atoms with van der Waals surface area (Å²) in [7, 11) is 3.33. The molecule has 4 nitrogen and oxygen atoms in total. The molecule has 0 spiro atoms. The Hall–Kier alpha value is -0.160. The first-order valence-electron chi connectivity index (χ1n) is 4.16. The van der Waals surface area contributed by atoms with E-state index in [2.05, 4.69) is 0 Å². The Labute approximate surface area is 73.0 Å². The lowest BCUT2D eigenvalue weighted by atomic mass is 10.0. The van der Waals surface area contributed by atoms with Crippen LogP contribution in [0, 0.1) is 0 Å². The van der Waals surface area contributed by atoms with Crippen molar-refractivity contribution in [3.8, 4) is 0 Å². The number of ether oxygens (including phenoxy) is 3. The van der Waals surface area contributed by atoms with Gasteiger partial charge in [0.15, 0.2) is 0 Å². The molecule has 1 saturated heterocycles. The second-order valence-corrected chi connectivity index (χ2v) is 3.10. The molecule has 2 N–H and O–H groups in total. The van der Waals surface area contributed by atoms with Gasteiger partial charge in [-0.3, -0.25) is 0 Å². The van der Waals surface area contributed by atoms with Gasteiger partial charge in [0.1, 0.15) is 6.10 Å². The SMILES string of the molecule is COCC1OCC(N)CC1OC. The van der Waals surface area contributed by atoms with Crippen molar-refractivity contribution in [1.82, 2.24) is 0 Å². The second kappa shape index (κ2) is 4.77. The molecule has 0 aromatic heterocycles. The van der Waals surface area contributed by atoms with Gasteiger partial charge in [0, 0.05) is 20.3 Å². The number of hydrogen-bond donors (Lipinski definition) is 1. The standard InChI is InChI=1S/C8H17NO3/c1-10-5-8-7(11-2)3-6(9)4-12-8/h6-8H,3-5,9H2,1-2H3. The Morgan fingerprint density at radius 1 is 1.50 bits per heavy atom. The van der Waals surface area contributed by atoms with Crippen LogP contribution in [0.15, 0.2) is 0 Å². The lowest BCUT2D eigenvalue weighted by Crippen LogP contribution is -2.47. The van der Waals surface area contributed by atoms with Crippen molar-refractivity contribution >= 4 is 0 Å². The average molecular weight is 175 g/mol. The van der Waals surface area contributed by atoms with Crippen LogP contribution < -0.4 is 5.73 Å². The molecule has 72 valence electrons. The van der Waals surface area contributed by atoms with Crippen LogP contribution in [0.2, 0.25) is 0 Å². The van der Waals surface area contributed by atoms with E-state index in [1.807, 2.05) is 0 Å². The summed E-state index contributed by atoms with van der Waals surface area (Å²) in [6.07, 6.45) is 0.971. The molecule has 4 heteroatoms. The summed E-state index contributed by atoms with van der Waals surface area (Å²) >= 11 is 0. The summed E-state index contributed by atoms with van der Waals surface area (Å²) in [5, 5.41) is 0. The second-order valence-electron chi connectivity index (χ2n) is 3.10. The van der Waals surface area contributed by atoms with Crippen LogP contribution in [0.4, 0.5) is 0 Å². The fourth-order valence-corrected chi connectivity index (χ4v) is 1.44. The Morgan fingerprint density at radius 2 is 2.25 bits per heavy atom. The summed E-state index contributed by atoms with van der Waals surface area (Å²) in [5.41, 5.74) is 5.71. The van der Waals surface area contributed by atoms with Gasteiger partial charge in [0.2, 0.25) is 0 Å². The maximum atomic E-state index is 5.71. The zero-order chi connectivity index (χ0) is 8.97. The molecule has 0 amide bonds. The lowest BCUT2D eigenvalue weighted by molar-refractivity contribution is -0.120. The van der Waals surface area contributed by atoms with Gasteiger partial charge in [0.05, 0.1) is 19.3 Å². The first-order valence-corrected chi connectivity index (χ1v) is 4.16. The highest BCUT2D eigenvalue weighted by Gasteiger charge is 2.29. The van der Waals surface area contributed by atoms with Gasteiger partial charge in [0.25, 0.3) is 0 Å². The van der Waals surface area contributed by atoms with Gasteiger partial charge in [-0.1, -0.05) is 0 Å². The van der Waals surface area contributed by atoms with E-state index >= 15 is 0 Å². The maximum Gasteiger partial charge on any atom is 0.107 e. The molecule has 1 rings (SSSR count). The zero-order valence-electron chi connectivity index (χ0n) is 7.66. The Bertz CT molecular complexity index is 131. The van der Waals surface area contributed by atoms with E-state index < -0.39 is 0 Å². The molecule has 3 unspecified atom stereocenters. The Kier molecular flexibility index (Phi) is 3.94. The number of nitrogens with two attached hydrogens (primary N) is 1. The molecule has 12 heavy (non-hydrogen) atoms. The highest BCUT2D eigenvalue weighted by Crippen LogP contribution is 2.16. The van der Waals surface area contributed by atoms with Crippen LogP contribution in [0.1, 0.15) is 6.42 Å². The highest BCUT2D eigenvalue weighted by molar-refractivity contribution is 4.81. The van der Waals surface area contributed by atoms with Gasteiger partial charge in [-0.25, -0.2) is 0 Å². The van der Waals surface area contributed by atoms with E-state index in [1.165, 1.54) is 0 Å². The largest absolute Gasteiger partial charge is 0.382 e. The smallest absolute Gasteiger partial charge is 0.107 e. The van der Waals surface area contributed by atoms with E-state index in [1.54, 1.807) is 14.2 Å². The molecule has 0 saturated carbocycles. The number of methoxy groups -OCH3 is 2. The number of hydrogen-bond acceptors (Lipinski definition) is 4. The van der Waals surface area contributed by atoms with Gasteiger partial charge in [-0.05, 0) is 6.42 Å². The van der Waals surface area contributed by atoms with Crippen molar-refractivity contribution in [2.24, 2.45) is 5.73 Å². The van der Waals surface area contributed by atoms with Crippen molar-refractivity contribution in [2.45, 2.75) is 24.7 Å². The van der Waals surface area contributed by atoms with Crippen molar-refractivity contribution in [3.05, 3.63) is 0 Å². The molecule has 0 radical (unpaired) electrons. The van der Waals surface area contributed by atoms with E-state index in [4.69, 9.17) is 19.9 Å². The third kappa shape index (κ3) is 2.42. The molecular formula is C8H17NO3. The van der Waals surface area contributed by atoms with E-state index in [0.29, 0.717) is 13.2 Å². The van der Waals surface area contributed by atoms with E-state index in [9.17, 15) is 0 Å². The molecule has 0 aromatic carbocycles. The van der Waals surface area contributed by atoms with Crippen molar-refractivity contribution in [1.29, 1.82) is 0 Å². The van der Waals surface area contributed by atoms with Crippen LogP contribution in [0.25, 0.3) is 0 Å². The first-order chi connectivity index (χ1) is 5.77. The van der Waals surface area contributed by atoms with E-state index in [-0.39, 0.29) is 18.2 Å². The molecule has 1 fully saturated rings. The fourth-order valence-electron chi connectivity index (χ4n) is 1.44. The van der Waals surface area contributed by atoms with E-state index in [0.717, 1.165) is 6.42 Å². The maximum absolute atomic E-state index is 5.71. The fraction of sp³-hybridized carbons (Fsp3) is 1.00. The normalized spacial score (nSPS) is 36.8. The molecule has 0 bridgehead atoms. The monoisotopic (exact) mass is 175 g/mol. The Balaban J connectivity index is 2.39. The minimum absolute atomic E-state index is 0.0415. The van der Waals surface area contributed by atoms with Crippen LogP contribution in [-0.2, 0) is 14.2 Å². The summed E-state index contributed by atoms with van der Waals surface area (Å²) < 4.78 is 15.7. The summed E-state index contributed by atoms with van der Waals surface area (Å²) in [6.45, 7) is 1.18. The summed E-state index contributed by atoms with van der Waals surface area (Å²) in [6, 6.07) is 0.100. The van der Waals surface area contributed by atoms with Crippen LogP contribution in [0.3, 0.4) is 0 Å². The minimum Gasteiger partial charge on any atom is -0.382 e. The zero-order valence-corrected chi connectivity index (χ0v) is 7.66. The highest BCUT2D eigenvalue weighted by atomic mass is 16.6. The predicted molar refractivity (Wildman–Crippen MR) is 45.0 cm³/mol. The first kappa shape index (κ1) is 9.92. The summed E-state index contributed by atoms with van der Waals surface area (Å²) in [5.74, 6) is 0. The average Bonchev–Trinajstić information content (AvgIpc) is 2.08. The molecule has 0 aliphatic carbocycles. The number of rotatable bonds is 3. The van der Waals surface area contributed by atoms with Crippen LogP contribution in [0.5, 0.6) is 0 Å². The van der Waals surface area contributed by atoms with Gasteiger partial charge in [-0.2, -0.15) is 0 Å². The third-order valence-corrected chi connectivity index (χ3v) is 2.11. The van der Waals surface area contributed by atoms with Crippen LogP contribution in [-0.4, -0.2) is 45.7 Å². The van der Waals surface area contributed by atoms with Crippen molar-refractivity contribution < 1.29 is 14.2 Å². The Morgan fingerprint density at radius 3 is 2.83 bits per heavy atom. The molecule has 3 atom stereocenters. The molecule has 1 aliphatic rings. The molecule has 1 aliphatic heterocycles. The molecule has 0 aromatic rings. The van der Waals surface area contributed by atoms with Gasteiger partial charge < -0.3 is 19.9 Å². The van der Waals surface area contributed by atoms with Crippen LogP contribution >= 0.6 is 0 Å². The molecular weight excluding hydrogens is 158 g/mol. The summed E-state index contributed by atoms with van der Waals surface area (Å²) in [4.78, 5) is 0. The minimum atomic E-state index is 0.0415. The topological polar surface area (TPSA) is 53.7 Å². The predicted octanol–water partition coefficient (Wildman–Crippen LogP) is -0.236. The third-order valence-electron chi connectivity index (χ3n) is 2.11. The quantitative estimate of drug-likeness (QED) is 0.643. The van der Waals surface area contributed by atoms with Gasteiger partial charge >= 0.3 is 0 Å².